The smallest absolute Gasteiger partial charge is 0.350 e. The number of rotatable bonds is 3. The number of carbonyl (C=O) groups excluding carboxylic acids is 1. The summed E-state index contributed by atoms with van der Waals surface area (Å²) in [6, 6.07) is 0. The van der Waals surface area contributed by atoms with Crippen molar-refractivity contribution in [1.82, 2.24) is 4.98 Å². The first-order chi connectivity index (χ1) is 9.24. The third kappa shape index (κ3) is 2.82. The van der Waals surface area contributed by atoms with E-state index in [2.05, 4.69) is 4.98 Å². The minimum Gasteiger partial charge on any atom is -0.456 e. The summed E-state index contributed by atoms with van der Waals surface area (Å²) in [4.78, 5) is 17.4. The van der Waals surface area contributed by atoms with Crippen LogP contribution in [0.4, 0.5) is 0 Å². The zero-order valence-corrected chi connectivity index (χ0v) is 12.0. The van der Waals surface area contributed by atoms with Crippen molar-refractivity contribution in [2.45, 2.75) is 51.0 Å². The monoisotopic (exact) mass is 281 g/mol. The lowest BCUT2D eigenvalue weighted by Gasteiger charge is -2.08. The average Bonchev–Trinajstić information content (AvgIpc) is 3.07. The van der Waals surface area contributed by atoms with E-state index in [1.54, 1.807) is 0 Å². The van der Waals surface area contributed by atoms with Gasteiger partial charge in [0.1, 0.15) is 11.0 Å². The van der Waals surface area contributed by atoms with E-state index in [9.17, 15) is 4.79 Å². The summed E-state index contributed by atoms with van der Waals surface area (Å²) < 4.78 is 10.7. The van der Waals surface area contributed by atoms with Gasteiger partial charge in [-0.25, -0.2) is 9.78 Å². The molecule has 104 valence electrons. The molecule has 0 bridgehead atoms. The van der Waals surface area contributed by atoms with Gasteiger partial charge in [-0.1, -0.05) is 12.8 Å². The van der Waals surface area contributed by atoms with Crippen molar-refractivity contribution in [3.05, 3.63) is 15.6 Å². The zero-order chi connectivity index (χ0) is 13.2. The molecule has 0 aromatic carbocycles. The molecule has 0 N–H and O–H groups in total. The van der Waals surface area contributed by atoms with E-state index < -0.39 is 0 Å². The Labute approximate surface area is 117 Å². The highest BCUT2D eigenvalue weighted by molar-refractivity contribution is 7.13. The molecule has 1 saturated heterocycles. The van der Waals surface area contributed by atoms with E-state index in [0.717, 1.165) is 17.1 Å². The number of aromatic nitrogens is 1. The van der Waals surface area contributed by atoms with Gasteiger partial charge in [0, 0.05) is 12.3 Å². The predicted octanol–water partition coefficient (Wildman–Crippen LogP) is 3.05. The lowest BCUT2D eigenvalue weighted by molar-refractivity contribution is 0.0275. The highest BCUT2D eigenvalue weighted by Gasteiger charge is 2.26. The Morgan fingerprint density at radius 1 is 1.37 bits per heavy atom. The molecule has 0 amide bonds. The number of ether oxygens (including phenoxy) is 2. The van der Waals surface area contributed by atoms with Gasteiger partial charge in [0.2, 0.25) is 0 Å². The van der Waals surface area contributed by atoms with Crippen LogP contribution in [0, 0.1) is 6.92 Å². The molecule has 1 aliphatic carbocycles. The number of hydrogen-bond donors (Lipinski definition) is 0. The van der Waals surface area contributed by atoms with Gasteiger partial charge in [0.05, 0.1) is 23.9 Å². The molecule has 2 aliphatic rings. The van der Waals surface area contributed by atoms with E-state index in [1.807, 2.05) is 6.92 Å². The number of hydrogen-bond acceptors (Lipinski definition) is 5. The van der Waals surface area contributed by atoms with Crippen LogP contribution in [0.25, 0.3) is 0 Å². The first kappa shape index (κ1) is 13.1. The predicted molar refractivity (Wildman–Crippen MR) is 72.7 cm³/mol. The number of thiazole rings is 1. The lowest BCUT2D eigenvalue weighted by atomic mass is 10.1. The van der Waals surface area contributed by atoms with Crippen LogP contribution in [0.1, 0.15) is 58.4 Å². The second kappa shape index (κ2) is 5.59. The van der Waals surface area contributed by atoms with E-state index in [4.69, 9.17) is 9.47 Å². The normalized spacial score (nSPS) is 23.9. The SMILES string of the molecule is Cc1nc(C2CCCC2)sc1C(=O)O[C@H]1CCOC1. The standard InChI is InChI=1S/C14H19NO3S/c1-9-12(14(16)18-11-6-7-17-8-11)19-13(15-9)10-4-2-3-5-10/h10-11H,2-8H2,1H3/t11-/m0/s1. The zero-order valence-electron chi connectivity index (χ0n) is 11.2. The van der Waals surface area contributed by atoms with Gasteiger partial charge in [-0.3, -0.25) is 0 Å². The molecule has 1 atom stereocenters. The Bertz CT molecular complexity index is 459. The van der Waals surface area contributed by atoms with Crippen LogP contribution in [-0.4, -0.2) is 30.3 Å². The van der Waals surface area contributed by atoms with Gasteiger partial charge in [-0.05, 0) is 19.8 Å². The second-order valence-corrected chi connectivity index (χ2v) is 6.37. The molecule has 4 nitrogen and oxygen atoms in total. The van der Waals surface area contributed by atoms with E-state index in [0.29, 0.717) is 24.0 Å². The Morgan fingerprint density at radius 2 is 2.16 bits per heavy atom. The third-order valence-electron chi connectivity index (χ3n) is 3.86. The minimum absolute atomic E-state index is 0.0797. The Morgan fingerprint density at radius 3 is 2.84 bits per heavy atom. The summed E-state index contributed by atoms with van der Waals surface area (Å²) in [5, 5.41) is 1.12. The molecular formula is C14H19NO3S. The molecule has 1 aromatic rings. The van der Waals surface area contributed by atoms with Crippen LogP contribution < -0.4 is 0 Å². The Kier molecular flexibility index (Phi) is 3.84. The molecule has 3 rings (SSSR count). The lowest BCUT2D eigenvalue weighted by Crippen LogP contribution is -2.17. The highest BCUT2D eigenvalue weighted by Crippen LogP contribution is 2.37. The molecule has 0 spiro atoms. The van der Waals surface area contributed by atoms with Gasteiger partial charge in [-0.15, -0.1) is 11.3 Å². The van der Waals surface area contributed by atoms with Gasteiger partial charge in [0.25, 0.3) is 0 Å². The average molecular weight is 281 g/mol. The topological polar surface area (TPSA) is 48.4 Å². The summed E-state index contributed by atoms with van der Waals surface area (Å²) in [7, 11) is 0. The molecule has 1 aliphatic heterocycles. The fraction of sp³-hybridized carbons (Fsp3) is 0.714. The summed E-state index contributed by atoms with van der Waals surface area (Å²) in [5.74, 6) is 0.329. The van der Waals surface area contributed by atoms with E-state index in [1.165, 1.54) is 37.0 Å². The molecule has 2 fully saturated rings. The summed E-state index contributed by atoms with van der Waals surface area (Å²) in [5.41, 5.74) is 0.816. The fourth-order valence-electron chi connectivity index (χ4n) is 2.76. The van der Waals surface area contributed by atoms with Gasteiger partial charge in [0.15, 0.2) is 0 Å². The minimum atomic E-state index is -0.227. The van der Waals surface area contributed by atoms with Crippen molar-refractivity contribution in [3.63, 3.8) is 0 Å². The van der Waals surface area contributed by atoms with Crippen molar-refractivity contribution < 1.29 is 14.3 Å². The quantitative estimate of drug-likeness (QED) is 0.799. The fourth-order valence-corrected chi connectivity index (χ4v) is 3.88. The van der Waals surface area contributed by atoms with Crippen molar-refractivity contribution in [1.29, 1.82) is 0 Å². The van der Waals surface area contributed by atoms with E-state index in [-0.39, 0.29) is 12.1 Å². The van der Waals surface area contributed by atoms with Crippen LogP contribution in [0.3, 0.4) is 0 Å². The largest absolute Gasteiger partial charge is 0.456 e. The van der Waals surface area contributed by atoms with Gasteiger partial charge in [-0.2, -0.15) is 0 Å². The molecule has 5 heteroatoms. The van der Waals surface area contributed by atoms with Crippen molar-refractivity contribution in [3.8, 4) is 0 Å². The number of nitrogens with zero attached hydrogens (tertiary/aromatic N) is 1. The second-order valence-electron chi connectivity index (χ2n) is 5.34. The highest BCUT2D eigenvalue weighted by atomic mass is 32.1. The van der Waals surface area contributed by atoms with Crippen molar-refractivity contribution in [2.75, 3.05) is 13.2 Å². The molecule has 0 unspecified atom stereocenters. The summed E-state index contributed by atoms with van der Waals surface area (Å²) in [6.07, 6.45) is 5.70. The number of carbonyl (C=O) groups is 1. The molecule has 1 aromatic heterocycles. The maximum Gasteiger partial charge on any atom is 0.350 e. The molecule has 1 saturated carbocycles. The molecule has 2 heterocycles. The van der Waals surface area contributed by atoms with E-state index >= 15 is 0 Å². The first-order valence-corrected chi connectivity index (χ1v) is 7.81. The van der Waals surface area contributed by atoms with Gasteiger partial charge < -0.3 is 9.47 Å². The van der Waals surface area contributed by atoms with Crippen molar-refractivity contribution >= 4 is 17.3 Å². The maximum absolute atomic E-state index is 12.1. The number of aryl methyl sites for hydroxylation is 1. The first-order valence-electron chi connectivity index (χ1n) is 7.00. The van der Waals surface area contributed by atoms with Crippen LogP contribution in [0.5, 0.6) is 0 Å². The van der Waals surface area contributed by atoms with Crippen LogP contribution >= 0.6 is 11.3 Å². The van der Waals surface area contributed by atoms with Crippen LogP contribution in [0.2, 0.25) is 0 Å². The Balaban J connectivity index is 1.70. The molecule has 0 radical (unpaired) electrons. The maximum atomic E-state index is 12.1. The van der Waals surface area contributed by atoms with Gasteiger partial charge >= 0.3 is 5.97 Å². The third-order valence-corrected chi connectivity index (χ3v) is 5.16. The van der Waals surface area contributed by atoms with Crippen LogP contribution in [-0.2, 0) is 9.47 Å². The molecule has 19 heavy (non-hydrogen) atoms. The van der Waals surface area contributed by atoms with Crippen LogP contribution in [0.15, 0.2) is 0 Å². The summed E-state index contributed by atoms with van der Waals surface area (Å²) >= 11 is 1.52. The van der Waals surface area contributed by atoms with Crippen molar-refractivity contribution in [2.24, 2.45) is 0 Å². The molecular weight excluding hydrogens is 262 g/mol. The number of esters is 1. The summed E-state index contributed by atoms with van der Waals surface area (Å²) in [6.45, 7) is 3.11. The Hall–Kier alpha value is -0.940.